The molecule has 0 amide bonds. The minimum atomic E-state index is 0.683. The van der Waals surface area contributed by atoms with Crippen LogP contribution < -0.4 is 0 Å². The summed E-state index contributed by atoms with van der Waals surface area (Å²) in [7, 11) is 0. The van der Waals surface area contributed by atoms with E-state index in [1.54, 1.807) is 0 Å². The molecule has 2 nitrogen and oxygen atoms in total. The highest BCUT2D eigenvalue weighted by atomic mass is 14.9. The maximum atomic E-state index is 4.66. The fraction of sp³-hybridized carbons (Fsp3) is 0.583. The highest BCUT2D eigenvalue weighted by Crippen LogP contribution is 2.36. The summed E-state index contributed by atoms with van der Waals surface area (Å²) in [6, 6.07) is 9.10. The maximum Gasteiger partial charge on any atom is 0.128 e. The lowest BCUT2D eigenvalue weighted by Crippen LogP contribution is -2.13. The molecule has 1 heterocycles. The largest absolute Gasteiger partial charge is 0.241 e. The second-order valence-electron chi connectivity index (χ2n) is 7.98. The molecule has 0 radical (unpaired) electrons. The fourth-order valence-corrected chi connectivity index (χ4v) is 4.12. The Balaban J connectivity index is 1.48. The third kappa shape index (κ3) is 5.40. The predicted molar refractivity (Wildman–Crippen MR) is 109 cm³/mol. The van der Waals surface area contributed by atoms with Crippen molar-refractivity contribution in [3.05, 3.63) is 59.2 Å². The van der Waals surface area contributed by atoms with Gasteiger partial charge in [-0.3, -0.25) is 0 Å². The first-order valence-corrected chi connectivity index (χ1v) is 10.7. The van der Waals surface area contributed by atoms with E-state index in [1.165, 1.54) is 68.1 Å². The van der Waals surface area contributed by atoms with Crippen LogP contribution in [0.2, 0.25) is 0 Å². The van der Waals surface area contributed by atoms with Crippen LogP contribution in [0.15, 0.2) is 36.7 Å². The molecule has 1 aliphatic carbocycles. The molecule has 1 aliphatic rings. The Labute approximate surface area is 159 Å². The van der Waals surface area contributed by atoms with Crippen LogP contribution in [0.4, 0.5) is 0 Å². The Morgan fingerprint density at radius 3 is 2.00 bits per heavy atom. The van der Waals surface area contributed by atoms with Crippen molar-refractivity contribution < 1.29 is 0 Å². The molecule has 0 unspecified atom stereocenters. The van der Waals surface area contributed by atoms with Gasteiger partial charge < -0.3 is 0 Å². The lowest BCUT2D eigenvalue weighted by atomic mass is 9.78. The first-order chi connectivity index (χ1) is 12.8. The smallest absolute Gasteiger partial charge is 0.128 e. The van der Waals surface area contributed by atoms with Gasteiger partial charge in [-0.2, -0.15) is 0 Å². The van der Waals surface area contributed by atoms with E-state index < -0.39 is 0 Å². The van der Waals surface area contributed by atoms with Crippen molar-refractivity contribution in [2.24, 2.45) is 5.92 Å². The molecular formula is C24H34N2. The van der Waals surface area contributed by atoms with E-state index in [1.807, 2.05) is 0 Å². The molecule has 3 rings (SSSR count). The van der Waals surface area contributed by atoms with Crippen LogP contribution >= 0.6 is 0 Å². The van der Waals surface area contributed by atoms with Crippen LogP contribution in [-0.2, 0) is 19.3 Å². The van der Waals surface area contributed by atoms with Gasteiger partial charge in [0.1, 0.15) is 5.82 Å². The Kier molecular flexibility index (Phi) is 7.22. The highest BCUT2D eigenvalue weighted by Gasteiger charge is 2.21. The fourth-order valence-electron chi connectivity index (χ4n) is 4.12. The van der Waals surface area contributed by atoms with Crippen molar-refractivity contribution in [1.82, 2.24) is 9.97 Å². The number of benzene rings is 1. The lowest BCUT2D eigenvalue weighted by molar-refractivity contribution is 0.318. The predicted octanol–water partition coefficient (Wildman–Crippen LogP) is 6.29. The summed E-state index contributed by atoms with van der Waals surface area (Å²) in [5.41, 5.74) is 4.19. The SMILES string of the molecule is CCCCc1ccc(CCc2ncc(C3CCC(CC)CC3)cn2)cc1. The number of nitrogens with zero attached hydrogens (tertiary/aromatic N) is 2. The van der Waals surface area contributed by atoms with Crippen molar-refractivity contribution in [1.29, 1.82) is 0 Å². The monoisotopic (exact) mass is 350 g/mol. The molecule has 1 aromatic heterocycles. The molecule has 2 aromatic rings. The van der Waals surface area contributed by atoms with Crippen LogP contribution in [0.5, 0.6) is 0 Å². The maximum absolute atomic E-state index is 4.66. The highest BCUT2D eigenvalue weighted by molar-refractivity contribution is 5.23. The van der Waals surface area contributed by atoms with E-state index in [-0.39, 0.29) is 0 Å². The zero-order valence-electron chi connectivity index (χ0n) is 16.6. The van der Waals surface area contributed by atoms with Crippen molar-refractivity contribution in [3.63, 3.8) is 0 Å². The molecule has 1 saturated carbocycles. The summed E-state index contributed by atoms with van der Waals surface area (Å²) in [6.45, 7) is 4.57. The topological polar surface area (TPSA) is 25.8 Å². The molecule has 0 aliphatic heterocycles. The standard InChI is InChI=1S/C24H34N2/c1-3-5-6-20-7-9-21(10-8-20)13-16-24-25-17-23(18-26-24)22-14-11-19(4-2)12-15-22/h7-10,17-19,22H,3-6,11-16H2,1-2H3. The zero-order valence-corrected chi connectivity index (χ0v) is 16.6. The minimum Gasteiger partial charge on any atom is -0.241 e. The molecule has 0 spiro atoms. The summed E-state index contributed by atoms with van der Waals surface area (Å²) in [5, 5.41) is 0. The van der Waals surface area contributed by atoms with Crippen LogP contribution in [0.25, 0.3) is 0 Å². The van der Waals surface area contributed by atoms with Gasteiger partial charge in [0.2, 0.25) is 0 Å². The van der Waals surface area contributed by atoms with Crippen LogP contribution in [0.3, 0.4) is 0 Å². The summed E-state index contributed by atoms with van der Waals surface area (Å²) in [5.74, 6) is 2.60. The Hall–Kier alpha value is -1.70. The van der Waals surface area contributed by atoms with Gasteiger partial charge in [0.05, 0.1) is 0 Å². The van der Waals surface area contributed by atoms with Crippen LogP contribution in [0.1, 0.15) is 87.2 Å². The van der Waals surface area contributed by atoms with E-state index in [0.29, 0.717) is 5.92 Å². The quantitative estimate of drug-likeness (QED) is 0.559. The van der Waals surface area contributed by atoms with Gasteiger partial charge in [-0.15, -0.1) is 0 Å². The number of hydrogen-bond acceptors (Lipinski definition) is 2. The average Bonchev–Trinajstić information content (AvgIpc) is 2.72. The molecule has 2 heteroatoms. The number of rotatable bonds is 8. The Morgan fingerprint density at radius 1 is 0.808 bits per heavy atom. The third-order valence-corrected chi connectivity index (χ3v) is 6.10. The third-order valence-electron chi connectivity index (χ3n) is 6.10. The molecule has 26 heavy (non-hydrogen) atoms. The minimum absolute atomic E-state index is 0.683. The van der Waals surface area contributed by atoms with E-state index in [2.05, 4.69) is 60.5 Å². The normalized spacial score (nSPS) is 20.2. The first kappa shape index (κ1) is 19.1. The average molecular weight is 351 g/mol. The molecule has 1 fully saturated rings. The first-order valence-electron chi connectivity index (χ1n) is 10.7. The second kappa shape index (κ2) is 9.85. The van der Waals surface area contributed by atoms with E-state index in [0.717, 1.165) is 24.6 Å². The molecular weight excluding hydrogens is 316 g/mol. The van der Waals surface area contributed by atoms with Crippen molar-refractivity contribution >= 4 is 0 Å². The molecule has 0 saturated heterocycles. The Morgan fingerprint density at radius 2 is 1.42 bits per heavy atom. The summed E-state index contributed by atoms with van der Waals surface area (Å²) < 4.78 is 0. The lowest BCUT2D eigenvalue weighted by Gasteiger charge is -2.27. The van der Waals surface area contributed by atoms with Gasteiger partial charge in [-0.25, -0.2) is 9.97 Å². The number of unbranched alkanes of at least 4 members (excludes halogenated alkanes) is 1. The van der Waals surface area contributed by atoms with Gasteiger partial charge >= 0.3 is 0 Å². The van der Waals surface area contributed by atoms with Crippen molar-refractivity contribution in [2.75, 3.05) is 0 Å². The van der Waals surface area contributed by atoms with Crippen LogP contribution in [-0.4, -0.2) is 9.97 Å². The molecule has 0 N–H and O–H groups in total. The van der Waals surface area contributed by atoms with E-state index in [4.69, 9.17) is 0 Å². The molecule has 140 valence electrons. The number of aromatic nitrogens is 2. The summed E-state index contributed by atoms with van der Waals surface area (Å²) in [6.07, 6.45) is 16.6. The Bertz CT molecular complexity index is 637. The second-order valence-corrected chi connectivity index (χ2v) is 7.98. The number of aryl methyl sites for hydroxylation is 3. The van der Waals surface area contributed by atoms with Crippen LogP contribution in [0, 0.1) is 5.92 Å². The van der Waals surface area contributed by atoms with Crippen molar-refractivity contribution in [2.45, 2.75) is 84.0 Å². The van der Waals surface area contributed by atoms with E-state index in [9.17, 15) is 0 Å². The molecule has 0 atom stereocenters. The van der Waals surface area contributed by atoms with Gasteiger partial charge in [0.25, 0.3) is 0 Å². The summed E-state index contributed by atoms with van der Waals surface area (Å²) in [4.78, 5) is 9.31. The van der Waals surface area contributed by atoms with Gasteiger partial charge in [-0.05, 0) is 73.5 Å². The summed E-state index contributed by atoms with van der Waals surface area (Å²) >= 11 is 0. The molecule has 0 bridgehead atoms. The van der Waals surface area contributed by atoms with Gasteiger partial charge in [0, 0.05) is 18.8 Å². The van der Waals surface area contributed by atoms with Gasteiger partial charge in [-0.1, -0.05) is 51.0 Å². The number of hydrogen-bond donors (Lipinski definition) is 0. The van der Waals surface area contributed by atoms with Crippen molar-refractivity contribution in [3.8, 4) is 0 Å². The van der Waals surface area contributed by atoms with E-state index >= 15 is 0 Å². The molecule has 1 aromatic carbocycles. The van der Waals surface area contributed by atoms with Gasteiger partial charge in [0.15, 0.2) is 0 Å². The zero-order chi connectivity index (χ0) is 18.2.